The van der Waals surface area contributed by atoms with Crippen LogP contribution in [0, 0.1) is 11.3 Å². The minimum atomic E-state index is -0.124. The van der Waals surface area contributed by atoms with Crippen LogP contribution in [0.5, 0.6) is 5.75 Å². The third kappa shape index (κ3) is 6.53. The Morgan fingerprint density at radius 2 is 1.62 bits per heavy atom. The molecule has 4 rings (SSSR count). The maximum Gasteiger partial charge on any atom is 0.306 e. The predicted octanol–water partition coefficient (Wildman–Crippen LogP) is 7.13. The second-order valence-corrected chi connectivity index (χ2v) is 11.5. The Labute approximate surface area is 206 Å². The van der Waals surface area contributed by atoms with Gasteiger partial charge in [-0.25, -0.2) is 0 Å². The minimum Gasteiger partial charge on any atom is -0.490 e. The first-order chi connectivity index (χ1) is 16.3. The fourth-order valence-electron chi connectivity index (χ4n) is 5.92. The number of rotatable bonds is 8. The fraction of sp³-hybridized carbons (Fsp3) is 0.633. The molecule has 2 aromatic rings. The number of carbonyl (C=O) groups is 1. The lowest BCUT2D eigenvalue weighted by molar-refractivity contribution is -0.141. The molecule has 34 heavy (non-hydrogen) atoms. The number of benzene rings is 2. The lowest BCUT2D eigenvalue weighted by Gasteiger charge is -2.37. The van der Waals surface area contributed by atoms with Crippen molar-refractivity contribution in [3.05, 3.63) is 42.0 Å². The standard InChI is InChI=1S/C30H43NO3/c1-30(2,3)25-12-15-27(16-13-25)34-28-14-11-23-19-22(9-10-24(23)20-28)21-31(18-17-29(32)33-4)26-7-5-6-8-26/h9-11,14,19-20,25-27H,5-8,12-13,15-18,21H2,1-4H3/t25-,27-. The molecule has 0 aliphatic heterocycles. The van der Waals surface area contributed by atoms with E-state index in [4.69, 9.17) is 9.47 Å². The summed E-state index contributed by atoms with van der Waals surface area (Å²) in [5, 5.41) is 2.48. The van der Waals surface area contributed by atoms with Crippen molar-refractivity contribution in [2.24, 2.45) is 11.3 Å². The Hall–Kier alpha value is -2.07. The Kier molecular flexibility index (Phi) is 8.18. The second kappa shape index (κ2) is 11.1. The molecule has 0 aromatic heterocycles. The van der Waals surface area contributed by atoms with Crippen molar-refractivity contribution in [2.45, 2.75) is 97.2 Å². The average molecular weight is 466 g/mol. The van der Waals surface area contributed by atoms with Crippen molar-refractivity contribution in [3.63, 3.8) is 0 Å². The molecule has 0 unspecified atom stereocenters. The van der Waals surface area contributed by atoms with Crippen molar-refractivity contribution in [1.29, 1.82) is 0 Å². The van der Waals surface area contributed by atoms with Crippen LogP contribution in [-0.4, -0.2) is 36.7 Å². The first-order valence-electron chi connectivity index (χ1n) is 13.3. The summed E-state index contributed by atoms with van der Waals surface area (Å²) in [6.45, 7) is 8.74. The molecular weight excluding hydrogens is 422 g/mol. The normalized spacial score (nSPS) is 21.8. The molecule has 0 N–H and O–H groups in total. The lowest BCUT2D eigenvalue weighted by Crippen LogP contribution is -2.34. The van der Waals surface area contributed by atoms with E-state index in [-0.39, 0.29) is 5.97 Å². The second-order valence-electron chi connectivity index (χ2n) is 11.5. The third-order valence-corrected chi connectivity index (χ3v) is 8.14. The van der Waals surface area contributed by atoms with E-state index in [1.165, 1.54) is 62.0 Å². The molecular formula is C30H43NO3. The van der Waals surface area contributed by atoms with Crippen LogP contribution in [0.2, 0.25) is 0 Å². The molecule has 0 saturated heterocycles. The molecule has 186 valence electrons. The van der Waals surface area contributed by atoms with Crippen LogP contribution in [0.3, 0.4) is 0 Å². The molecule has 4 nitrogen and oxygen atoms in total. The van der Waals surface area contributed by atoms with Crippen LogP contribution in [0.15, 0.2) is 36.4 Å². The van der Waals surface area contributed by atoms with E-state index in [0.29, 0.717) is 24.0 Å². The van der Waals surface area contributed by atoms with Crippen molar-refractivity contribution >= 4 is 16.7 Å². The quantitative estimate of drug-likeness (QED) is 0.389. The average Bonchev–Trinajstić information content (AvgIpc) is 3.36. The van der Waals surface area contributed by atoms with Gasteiger partial charge < -0.3 is 9.47 Å². The first kappa shape index (κ1) is 25.0. The summed E-state index contributed by atoms with van der Waals surface area (Å²) in [6.07, 6.45) is 10.7. The predicted molar refractivity (Wildman–Crippen MR) is 139 cm³/mol. The number of methoxy groups -OCH3 is 1. The summed E-state index contributed by atoms with van der Waals surface area (Å²) >= 11 is 0. The fourth-order valence-corrected chi connectivity index (χ4v) is 5.92. The highest BCUT2D eigenvalue weighted by molar-refractivity contribution is 5.84. The zero-order chi connectivity index (χ0) is 24.1. The Balaban J connectivity index is 1.39. The van der Waals surface area contributed by atoms with Crippen LogP contribution >= 0.6 is 0 Å². The number of carbonyl (C=O) groups excluding carboxylic acids is 1. The van der Waals surface area contributed by atoms with Gasteiger partial charge in [0, 0.05) is 19.1 Å². The molecule has 4 heteroatoms. The van der Waals surface area contributed by atoms with E-state index in [2.05, 4.69) is 62.1 Å². The summed E-state index contributed by atoms with van der Waals surface area (Å²) in [6, 6.07) is 13.9. The van der Waals surface area contributed by atoms with Gasteiger partial charge in [-0.2, -0.15) is 0 Å². The van der Waals surface area contributed by atoms with E-state index >= 15 is 0 Å². The Morgan fingerprint density at radius 1 is 0.941 bits per heavy atom. The Bertz CT molecular complexity index is 949. The maximum atomic E-state index is 11.7. The van der Waals surface area contributed by atoms with Crippen molar-refractivity contribution in [2.75, 3.05) is 13.7 Å². The van der Waals surface area contributed by atoms with E-state index in [1.807, 2.05) is 0 Å². The SMILES string of the molecule is COC(=O)CCN(Cc1ccc2cc(O[C@H]3CC[C@H](C(C)(C)C)CC3)ccc2c1)C1CCCC1. The largest absolute Gasteiger partial charge is 0.490 e. The molecule has 0 heterocycles. The van der Waals surface area contributed by atoms with Gasteiger partial charge in [-0.3, -0.25) is 9.69 Å². The first-order valence-corrected chi connectivity index (χ1v) is 13.3. The van der Waals surface area contributed by atoms with Gasteiger partial charge in [-0.15, -0.1) is 0 Å². The molecule has 2 aliphatic rings. The van der Waals surface area contributed by atoms with Crippen LogP contribution in [0.25, 0.3) is 10.8 Å². The van der Waals surface area contributed by atoms with E-state index in [9.17, 15) is 4.79 Å². The molecule has 0 bridgehead atoms. The summed E-state index contributed by atoms with van der Waals surface area (Å²) in [4.78, 5) is 14.2. The van der Waals surface area contributed by atoms with Crippen molar-refractivity contribution in [3.8, 4) is 5.75 Å². The lowest BCUT2D eigenvalue weighted by atomic mass is 9.72. The third-order valence-electron chi connectivity index (χ3n) is 8.14. The minimum absolute atomic E-state index is 0.124. The van der Waals surface area contributed by atoms with Crippen LogP contribution in [0.4, 0.5) is 0 Å². The van der Waals surface area contributed by atoms with Gasteiger partial charge in [0.25, 0.3) is 0 Å². The molecule has 0 amide bonds. The molecule has 2 aromatic carbocycles. The van der Waals surface area contributed by atoms with Gasteiger partial charge in [-0.1, -0.05) is 51.8 Å². The number of fused-ring (bicyclic) bond motifs is 1. The van der Waals surface area contributed by atoms with Gasteiger partial charge in [-0.05, 0) is 84.4 Å². The van der Waals surface area contributed by atoms with Crippen LogP contribution in [0.1, 0.15) is 84.1 Å². The number of ether oxygens (including phenoxy) is 2. The topological polar surface area (TPSA) is 38.8 Å². The van der Waals surface area contributed by atoms with E-state index in [0.717, 1.165) is 37.6 Å². The van der Waals surface area contributed by atoms with Crippen molar-refractivity contribution in [1.82, 2.24) is 4.90 Å². The van der Waals surface area contributed by atoms with Gasteiger partial charge in [0.15, 0.2) is 0 Å². The van der Waals surface area contributed by atoms with Crippen molar-refractivity contribution < 1.29 is 14.3 Å². The smallest absolute Gasteiger partial charge is 0.306 e. The molecule has 2 fully saturated rings. The molecule has 2 aliphatic carbocycles. The highest BCUT2D eigenvalue weighted by Gasteiger charge is 2.30. The summed E-state index contributed by atoms with van der Waals surface area (Å²) in [5.41, 5.74) is 1.71. The van der Waals surface area contributed by atoms with Gasteiger partial charge in [0.05, 0.1) is 19.6 Å². The zero-order valence-corrected chi connectivity index (χ0v) is 21.6. The summed E-state index contributed by atoms with van der Waals surface area (Å²) in [5.74, 6) is 1.67. The van der Waals surface area contributed by atoms with E-state index < -0.39 is 0 Å². The highest BCUT2D eigenvalue weighted by Crippen LogP contribution is 2.39. The molecule has 0 atom stereocenters. The molecule has 2 saturated carbocycles. The van der Waals surface area contributed by atoms with Gasteiger partial charge >= 0.3 is 5.97 Å². The number of hydrogen-bond donors (Lipinski definition) is 0. The van der Waals surface area contributed by atoms with E-state index in [1.54, 1.807) is 0 Å². The number of nitrogens with zero attached hydrogens (tertiary/aromatic N) is 1. The number of esters is 1. The van der Waals surface area contributed by atoms with Gasteiger partial charge in [0.1, 0.15) is 5.75 Å². The number of hydrogen-bond acceptors (Lipinski definition) is 4. The van der Waals surface area contributed by atoms with Crippen LogP contribution < -0.4 is 4.74 Å². The van der Waals surface area contributed by atoms with Gasteiger partial charge in [0.2, 0.25) is 0 Å². The summed E-state index contributed by atoms with van der Waals surface area (Å²) in [7, 11) is 1.47. The Morgan fingerprint density at radius 3 is 2.29 bits per heavy atom. The maximum absolute atomic E-state index is 11.7. The molecule has 0 radical (unpaired) electrons. The monoisotopic (exact) mass is 465 g/mol. The molecule has 0 spiro atoms. The van der Waals surface area contributed by atoms with Crippen LogP contribution in [-0.2, 0) is 16.1 Å². The zero-order valence-electron chi connectivity index (χ0n) is 21.6. The highest BCUT2D eigenvalue weighted by atomic mass is 16.5. The summed E-state index contributed by atoms with van der Waals surface area (Å²) < 4.78 is 11.3.